The van der Waals surface area contributed by atoms with Crippen LogP contribution in [0.1, 0.15) is 47.5 Å². The molecule has 0 bridgehead atoms. The molecule has 1 radical (unpaired) electrons. The van der Waals surface area contributed by atoms with Gasteiger partial charge in [0.25, 0.3) is 0 Å². The molecule has 0 aromatic carbocycles. The van der Waals surface area contributed by atoms with Crippen molar-refractivity contribution in [3.63, 3.8) is 0 Å². The quantitative estimate of drug-likeness (QED) is 0.333. The molecule has 0 spiro atoms. The minimum Gasteiger partial charge on any atom is -1.00 e. The van der Waals surface area contributed by atoms with Crippen LogP contribution in [0.4, 0.5) is 0 Å². The van der Waals surface area contributed by atoms with Crippen molar-refractivity contribution in [2.45, 2.75) is 59.5 Å². The number of hydrogen-bond acceptors (Lipinski definition) is 0. The zero-order chi connectivity index (χ0) is 12.2. The van der Waals surface area contributed by atoms with Gasteiger partial charge < -0.3 is 24.8 Å². The Morgan fingerprint density at radius 1 is 1.16 bits per heavy atom. The summed E-state index contributed by atoms with van der Waals surface area (Å²) in [6.07, 6.45) is 8.84. The summed E-state index contributed by atoms with van der Waals surface area (Å²) in [7, 11) is 0.543. The zero-order valence-electron chi connectivity index (χ0n) is 12.9. The van der Waals surface area contributed by atoms with Crippen LogP contribution in [-0.2, 0) is 26.2 Å². The van der Waals surface area contributed by atoms with Gasteiger partial charge in [-0.3, -0.25) is 6.08 Å². The van der Waals surface area contributed by atoms with Crippen LogP contribution in [0, 0.1) is 17.4 Å². The van der Waals surface area contributed by atoms with Crippen molar-refractivity contribution < 1.29 is 51.0 Å². The first-order chi connectivity index (χ1) is 7.41. The predicted octanol–water partition coefficient (Wildman–Crippen LogP) is -1.85. The molecule has 1 aliphatic heterocycles. The van der Waals surface area contributed by atoms with Gasteiger partial charge in [0.1, 0.15) is 0 Å². The van der Waals surface area contributed by atoms with E-state index in [0.717, 1.165) is 0 Å². The van der Waals surface area contributed by atoms with Gasteiger partial charge in [-0.25, -0.2) is 5.57 Å². The molecule has 0 nitrogen and oxygen atoms in total. The number of halogens is 2. The summed E-state index contributed by atoms with van der Waals surface area (Å²) >= 11 is 0. The van der Waals surface area contributed by atoms with Gasteiger partial charge in [0, 0.05) is 9.52 Å². The van der Waals surface area contributed by atoms with Crippen molar-refractivity contribution in [3.05, 3.63) is 23.3 Å². The minimum absolute atomic E-state index is 0. The van der Waals surface area contributed by atoms with Crippen LogP contribution < -0.4 is 24.8 Å². The van der Waals surface area contributed by atoms with Crippen LogP contribution in [-0.4, -0.2) is 9.52 Å². The topological polar surface area (TPSA) is 0 Å². The third-order valence-electron chi connectivity index (χ3n) is 3.32. The van der Waals surface area contributed by atoms with E-state index in [9.17, 15) is 0 Å². The third-order valence-corrected chi connectivity index (χ3v) is 5.32. The number of allylic oxidation sites excluding steroid dienone is 4. The fraction of sp³-hybridized carbons (Fsp3) is 0.733. The second kappa shape index (κ2) is 11.8. The van der Waals surface area contributed by atoms with Crippen LogP contribution in [0.3, 0.4) is 0 Å². The van der Waals surface area contributed by atoms with Crippen LogP contribution in [0.2, 0.25) is 12.1 Å². The fourth-order valence-corrected chi connectivity index (χ4v) is 4.30. The van der Waals surface area contributed by atoms with E-state index in [4.69, 9.17) is 0 Å². The monoisotopic (exact) mass is 395 g/mol. The molecule has 19 heavy (non-hydrogen) atoms. The van der Waals surface area contributed by atoms with Crippen LogP contribution in [0.5, 0.6) is 0 Å². The van der Waals surface area contributed by atoms with E-state index >= 15 is 0 Å². The summed E-state index contributed by atoms with van der Waals surface area (Å²) in [6.45, 7) is 11.1. The maximum atomic E-state index is 3.40. The molecule has 1 unspecified atom stereocenters. The van der Waals surface area contributed by atoms with Crippen molar-refractivity contribution in [1.82, 2.24) is 0 Å². The van der Waals surface area contributed by atoms with Gasteiger partial charge in [0.15, 0.2) is 0 Å². The maximum absolute atomic E-state index is 3.40. The maximum Gasteiger partial charge on any atom is 3.00 e. The van der Waals surface area contributed by atoms with Gasteiger partial charge in [-0.1, -0.05) is 70.9 Å². The Morgan fingerprint density at radius 3 is 1.79 bits per heavy atom. The van der Waals surface area contributed by atoms with Gasteiger partial charge in [-0.15, -0.1) is 0 Å². The summed E-state index contributed by atoms with van der Waals surface area (Å²) in [5.74, 6) is 0.518. The average Bonchev–Trinajstić information content (AvgIpc) is 2.75. The van der Waals surface area contributed by atoms with Crippen molar-refractivity contribution in [2.75, 3.05) is 0 Å². The van der Waals surface area contributed by atoms with Crippen LogP contribution in [0.25, 0.3) is 0 Å². The van der Waals surface area contributed by atoms with Gasteiger partial charge in [0.05, 0.1) is 0 Å². The molecule has 1 saturated heterocycles. The number of rotatable bonds is 0. The van der Waals surface area contributed by atoms with E-state index in [1.54, 1.807) is 24.9 Å². The second-order valence-electron chi connectivity index (χ2n) is 6.16. The molecule has 0 aromatic rings. The van der Waals surface area contributed by atoms with Gasteiger partial charge in [-0.05, 0) is 0 Å². The first-order valence-electron chi connectivity index (χ1n) is 6.74. The van der Waals surface area contributed by atoms with Crippen LogP contribution >= 0.6 is 0 Å². The van der Waals surface area contributed by atoms with E-state index in [0.29, 0.717) is 20.9 Å². The van der Waals surface area contributed by atoms with Crippen molar-refractivity contribution in [2.24, 2.45) is 11.3 Å². The summed E-state index contributed by atoms with van der Waals surface area (Å²) in [5, 5.41) is 0. The first kappa shape index (κ1) is 25.1. The molecule has 0 N–H and O–H groups in total. The molecule has 0 amide bonds. The molecule has 1 heterocycles. The van der Waals surface area contributed by atoms with Crippen LogP contribution in [0.15, 0.2) is 17.2 Å². The standard InChI is InChI=1S/C11H17.C4H10Si.2ClH.Zr/c1-8-6-9(2)10(7-8)11(3,4)5;1-2-4-5-3-1;;;/h7-8H,1-5H3;1-5H2;2*1H;/q-1;;;;+3/p-2. The smallest absolute Gasteiger partial charge is 1.00 e. The molecule has 1 atom stereocenters. The molecular weight excluding hydrogens is 370 g/mol. The Morgan fingerprint density at radius 2 is 1.63 bits per heavy atom. The molecule has 0 saturated carbocycles. The molecule has 1 fully saturated rings. The third kappa shape index (κ3) is 9.67. The molecule has 1 aliphatic carbocycles. The summed E-state index contributed by atoms with van der Waals surface area (Å²) in [4.78, 5) is 0. The second-order valence-corrected chi connectivity index (χ2v) is 8.28. The molecule has 2 aliphatic rings. The minimum atomic E-state index is 0. The Hall–Kier alpha value is 1.16. The van der Waals surface area contributed by atoms with Gasteiger partial charge >= 0.3 is 26.2 Å². The van der Waals surface area contributed by atoms with E-state index in [2.05, 4.69) is 46.8 Å². The zero-order valence-corrected chi connectivity index (χ0v) is 18.3. The van der Waals surface area contributed by atoms with E-state index in [1.807, 2.05) is 0 Å². The molecule has 2 rings (SSSR count). The van der Waals surface area contributed by atoms with Crippen molar-refractivity contribution in [1.29, 1.82) is 0 Å². The van der Waals surface area contributed by atoms with Gasteiger partial charge in [0.2, 0.25) is 0 Å². The summed E-state index contributed by atoms with van der Waals surface area (Å²) < 4.78 is 0. The Balaban J connectivity index is -0.000000277. The van der Waals surface area contributed by atoms with Crippen molar-refractivity contribution >= 4 is 9.52 Å². The van der Waals surface area contributed by atoms with E-state index in [1.165, 1.54) is 11.1 Å². The van der Waals surface area contributed by atoms with E-state index in [-0.39, 0.29) is 51.0 Å². The van der Waals surface area contributed by atoms with E-state index < -0.39 is 0 Å². The number of hydrogen-bond donors (Lipinski definition) is 0. The summed E-state index contributed by atoms with van der Waals surface area (Å²) in [5.41, 5.74) is 3.09. The first-order valence-corrected chi connectivity index (χ1v) is 8.74. The van der Waals surface area contributed by atoms with Gasteiger partial charge in [-0.2, -0.15) is 11.6 Å². The largest absolute Gasteiger partial charge is 3.00 e. The van der Waals surface area contributed by atoms with Crippen molar-refractivity contribution in [3.8, 4) is 0 Å². The molecule has 0 aromatic heterocycles. The average molecular weight is 398 g/mol. The Kier molecular flexibility index (Phi) is 15.6. The molecule has 109 valence electrons. The SMILES string of the molecule is C1CC[SiH2]C1.CC1=[C-]C(C)C=C1C(C)(C)C.[Cl-].[Cl-].[Zr+3]. The summed E-state index contributed by atoms with van der Waals surface area (Å²) in [6, 6.07) is 3.28. The Labute approximate surface area is 154 Å². The Bertz CT molecular complexity index is 281. The molecule has 4 heteroatoms. The normalized spacial score (nSPS) is 20.8. The predicted molar refractivity (Wildman–Crippen MR) is 76.5 cm³/mol. The molecular formula is C15H27Cl2SiZr. The fourth-order valence-electron chi connectivity index (χ4n) is 2.53.